The van der Waals surface area contributed by atoms with Crippen LogP contribution in [0.25, 0.3) is 0 Å². The van der Waals surface area contributed by atoms with Crippen LogP contribution in [0.4, 0.5) is 0 Å². The molecule has 24 heavy (non-hydrogen) atoms. The normalized spacial score (nSPS) is 17.6. The fourth-order valence-corrected chi connectivity index (χ4v) is 5.40. The van der Waals surface area contributed by atoms with Crippen molar-refractivity contribution in [2.24, 2.45) is 0 Å². The average Bonchev–Trinajstić information content (AvgIpc) is 2.61. The summed E-state index contributed by atoms with van der Waals surface area (Å²) in [5.74, 6) is 0.595. The van der Waals surface area contributed by atoms with Gasteiger partial charge in [-0.2, -0.15) is 0 Å². The number of piperidine rings is 1. The molecule has 1 unspecified atom stereocenters. The minimum atomic E-state index is -3.19. The van der Waals surface area contributed by atoms with Gasteiger partial charge in [-0.25, -0.2) is 0 Å². The standard InChI is InChI=1S/C18H30NO4P/c1-4-22-24(20,23-5-2)18(19-13-7-6-8-14-19)15-16-9-11-17(21-3)12-10-16/h9-12,18H,4-8,13-15H2,1-3H3. The molecule has 1 heterocycles. The van der Waals surface area contributed by atoms with Gasteiger partial charge in [0.05, 0.1) is 20.3 Å². The maximum absolute atomic E-state index is 13.4. The van der Waals surface area contributed by atoms with E-state index in [0.717, 1.165) is 37.2 Å². The van der Waals surface area contributed by atoms with Gasteiger partial charge in [0.15, 0.2) is 0 Å². The molecule has 5 nitrogen and oxygen atoms in total. The average molecular weight is 355 g/mol. The second kappa shape index (κ2) is 9.57. The van der Waals surface area contributed by atoms with Gasteiger partial charge in [0, 0.05) is 0 Å². The SMILES string of the molecule is CCOP(=O)(OCC)C(Cc1ccc(OC)cc1)N1CCCCC1. The number of likely N-dealkylation sites (tertiary alicyclic amines) is 1. The highest BCUT2D eigenvalue weighted by molar-refractivity contribution is 7.54. The minimum absolute atomic E-state index is 0.230. The number of benzene rings is 1. The topological polar surface area (TPSA) is 48.0 Å². The molecule has 136 valence electrons. The van der Waals surface area contributed by atoms with Gasteiger partial charge in [-0.05, 0) is 63.9 Å². The van der Waals surface area contributed by atoms with E-state index in [1.807, 2.05) is 38.1 Å². The summed E-state index contributed by atoms with van der Waals surface area (Å²) in [6.45, 7) is 6.42. The van der Waals surface area contributed by atoms with E-state index < -0.39 is 7.60 Å². The maximum Gasteiger partial charge on any atom is 0.347 e. The quantitative estimate of drug-likeness (QED) is 0.618. The Labute approximate surface area is 145 Å². The molecule has 6 heteroatoms. The van der Waals surface area contributed by atoms with Crippen molar-refractivity contribution in [2.75, 3.05) is 33.4 Å². The molecule has 0 N–H and O–H groups in total. The Hall–Kier alpha value is -0.870. The molecule has 1 saturated heterocycles. The van der Waals surface area contributed by atoms with Crippen molar-refractivity contribution < 1.29 is 18.3 Å². The van der Waals surface area contributed by atoms with Gasteiger partial charge in [0.2, 0.25) is 0 Å². The molecule has 1 aliphatic rings. The van der Waals surface area contributed by atoms with Gasteiger partial charge >= 0.3 is 7.60 Å². The molecule has 1 fully saturated rings. The molecule has 1 atom stereocenters. The van der Waals surface area contributed by atoms with Crippen molar-refractivity contribution in [1.82, 2.24) is 4.90 Å². The zero-order valence-electron chi connectivity index (χ0n) is 15.1. The molecule has 0 amide bonds. The Balaban J connectivity index is 2.24. The van der Waals surface area contributed by atoms with Gasteiger partial charge in [-0.15, -0.1) is 0 Å². The van der Waals surface area contributed by atoms with E-state index in [1.54, 1.807) is 7.11 Å². The monoisotopic (exact) mass is 355 g/mol. The molecule has 0 radical (unpaired) electrons. The zero-order chi connectivity index (χ0) is 17.4. The van der Waals surface area contributed by atoms with Crippen LogP contribution in [-0.4, -0.2) is 44.1 Å². The molecule has 0 saturated carbocycles. The summed E-state index contributed by atoms with van der Waals surface area (Å²) in [6, 6.07) is 7.93. The van der Waals surface area contributed by atoms with Crippen LogP contribution in [0.5, 0.6) is 5.75 Å². The van der Waals surface area contributed by atoms with Gasteiger partial charge in [-0.1, -0.05) is 18.6 Å². The summed E-state index contributed by atoms with van der Waals surface area (Å²) < 4.78 is 30.0. The number of methoxy groups -OCH3 is 1. The molecule has 0 aromatic heterocycles. The number of ether oxygens (including phenoxy) is 1. The Morgan fingerprint density at radius 3 is 2.12 bits per heavy atom. The Bertz CT molecular complexity index is 518. The zero-order valence-corrected chi connectivity index (χ0v) is 16.0. The summed E-state index contributed by atoms with van der Waals surface area (Å²) in [7, 11) is -1.53. The van der Waals surface area contributed by atoms with Crippen LogP contribution in [0, 0.1) is 0 Å². The molecule has 0 aliphatic carbocycles. The van der Waals surface area contributed by atoms with E-state index in [1.165, 1.54) is 6.42 Å². The third kappa shape index (κ3) is 5.06. The summed E-state index contributed by atoms with van der Waals surface area (Å²) >= 11 is 0. The highest BCUT2D eigenvalue weighted by Gasteiger charge is 2.40. The second-order valence-corrected chi connectivity index (χ2v) is 8.20. The number of nitrogens with zero attached hydrogens (tertiary/aromatic N) is 1. The highest BCUT2D eigenvalue weighted by Crippen LogP contribution is 2.55. The number of hydrogen-bond donors (Lipinski definition) is 0. The van der Waals surface area contributed by atoms with Gasteiger partial charge in [0.1, 0.15) is 11.5 Å². The van der Waals surface area contributed by atoms with Gasteiger partial charge in [0.25, 0.3) is 0 Å². The first-order valence-electron chi connectivity index (χ1n) is 8.88. The summed E-state index contributed by atoms with van der Waals surface area (Å²) in [5, 5.41) is 0. The van der Waals surface area contributed by atoms with Crippen LogP contribution in [-0.2, 0) is 20.0 Å². The Morgan fingerprint density at radius 2 is 1.62 bits per heavy atom. The van der Waals surface area contributed by atoms with E-state index in [4.69, 9.17) is 13.8 Å². The smallest absolute Gasteiger partial charge is 0.347 e. The first kappa shape index (κ1) is 19.5. The lowest BCUT2D eigenvalue weighted by Gasteiger charge is -2.37. The predicted molar refractivity (Wildman–Crippen MR) is 96.8 cm³/mol. The fraction of sp³-hybridized carbons (Fsp3) is 0.667. The highest BCUT2D eigenvalue weighted by atomic mass is 31.2. The molecule has 2 rings (SSSR count). The Morgan fingerprint density at radius 1 is 1.04 bits per heavy atom. The summed E-state index contributed by atoms with van der Waals surface area (Å²) in [6.07, 6.45) is 4.16. The van der Waals surface area contributed by atoms with Crippen molar-refractivity contribution in [1.29, 1.82) is 0 Å². The van der Waals surface area contributed by atoms with Crippen LogP contribution in [0.3, 0.4) is 0 Å². The van der Waals surface area contributed by atoms with E-state index in [2.05, 4.69) is 4.90 Å². The molecule has 0 spiro atoms. The lowest BCUT2D eigenvalue weighted by Crippen LogP contribution is -2.41. The fourth-order valence-electron chi connectivity index (χ4n) is 3.20. The summed E-state index contributed by atoms with van der Waals surface area (Å²) in [4.78, 5) is 2.29. The molecule has 1 aromatic rings. The van der Waals surface area contributed by atoms with Crippen molar-refractivity contribution >= 4 is 7.60 Å². The summed E-state index contributed by atoms with van der Waals surface area (Å²) in [5.41, 5.74) is 1.12. The Kier molecular flexibility index (Phi) is 7.76. The molecule has 0 bridgehead atoms. The van der Waals surface area contributed by atoms with Crippen molar-refractivity contribution in [3.05, 3.63) is 29.8 Å². The van der Waals surface area contributed by atoms with Crippen molar-refractivity contribution in [2.45, 2.75) is 45.3 Å². The molecule has 1 aliphatic heterocycles. The lowest BCUT2D eigenvalue weighted by atomic mass is 10.1. The van der Waals surface area contributed by atoms with Crippen LogP contribution < -0.4 is 4.74 Å². The molecular formula is C18H30NO4P. The molecule has 1 aromatic carbocycles. The van der Waals surface area contributed by atoms with Crippen LogP contribution in [0.15, 0.2) is 24.3 Å². The van der Waals surface area contributed by atoms with Crippen LogP contribution in [0.2, 0.25) is 0 Å². The lowest BCUT2D eigenvalue weighted by molar-refractivity contribution is 0.146. The molecular weight excluding hydrogens is 325 g/mol. The number of rotatable bonds is 9. The van der Waals surface area contributed by atoms with E-state index >= 15 is 0 Å². The third-order valence-corrected chi connectivity index (χ3v) is 6.85. The first-order chi connectivity index (χ1) is 11.6. The van der Waals surface area contributed by atoms with Gasteiger partial charge in [-0.3, -0.25) is 9.46 Å². The number of hydrogen-bond acceptors (Lipinski definition) is 5. The first-order valence-corrected chi connectivity index (χ1v) is 10.5. The van der Waals surface area contributed by atoms with Crippen LogP contribution >= 0.6 is 7.60 Å². The maximum atomic E-state index is 13.4. The van der Waals surface area contributed by atoms with Crippen molar-refractivity contribution in [3.8, 4) is 5.75 Å². The van der Waals surface area contributed by atoms with E-state index in [0.29, 0.717) is 19.6 Å². The predicted octanol–water partition coefficient (Wildman–Crippen LogP) is 4.32. The third-order valence-electron chi connectivity index (χ3n) is 4.37. The van der Waals surface area contributed by atoms with Crippen LogP contribution in [0.1, 0.15) is 38.7 Å². The van der Waals surface area contributed by atoms with E-state index in [-0.39, 0.29) is 5.78 Å². The van der Waals surface area contributed by atoms with E-state index in [9.17, 15) is 4.57 Å². The minimum Gasteiger partial charge on any atom is -0.497 e. The van der Waals surface area contributed by atoms with Crippen molar-refractivity contribution in [3.63, 3.8) is 0 Å². The second-order valence-electron chi connectivity index (χ2n) is 6.00. The largest absolute Gasteiger partial charge is 0.497 e. The van der Waals surface area contributed by atoms with Gasteiger partial charge < -0.3 is 13.8 Å².